The summed E-state index contributed by atoms with van der Waals surface area (Å²) >= 11 is 0. The van der Waals surface area contributed by atoms with E-state index < -0.39 is 32.5 Å². The lowest BCUT2D eigenvalue weighted by Gasteiger charge is -2.42. The lowest BCUT2D eigenvalue weighted by atomic mass is 9.87. The van der Waals surface area contributed by atoms with Gasteiger partial charge in [-0.15, -0.1) is 0 Å². The summed E-state index contributed by atoms with van der Waals surface area (Å²) in [6.07, 6.45) is 1.60. The predicted molar refractivity (Wildman–Crippen MR) is 133 cm³/mol. The van der Waals surface area contributed by atoms with Gasteiger partial charge in [0.15, 0.2) is 0 Å². The Labute approximate surface area is 210 Å². The highest BCUT2D eigenvalue weighted by Crippen LogP contribution is 2.45. The summed E-state index contributed by atoms with van der Waals surface area (Å²) in [6.45, 7) is 7.20. The number of carboxylic acid groups (broad SMARTS) is 1. The van der Waals surface area contributed by atoms with Crippen molar-refractivity contribution in [1.82, 2.24) is 0 Å². The highest BCUT2D eigenvalue weighted by Gasteiger charge is 2.34. The predicted octanol–water partition coefficient (Wildman–Crippen LogP) is 4.07. The molecule has 0 aromatic heterocycles. The molecule has 0 bridgehead atoms. The number of likely N-dealkylation sites (N-methyl/N-ethyl adjacent to an activating group) is 1. The first-order valence-corrected chi connectivity index (χ1v) is 13.7. The summed E-state index contributed by atoms with van der Waals surface area (Å²) < 4.78 is 27.7. The molecule has 3 atom stereocenters. The van der Waals surface area contributed by atoms with E-state index in [2.05, 4.69) is 32.9 Å². The molecule has 0 radical (unpaired) electrons. The number of rotatable bonds is 17. The molecule has 0 heterocycles. The van der Waals surface area contributed by atoms with Crippen molar-refractivity contribution in [3.05, 3.63) is 29.8 Å². The van der Waals surface area contributed by atoms with Crippen molar-refractivity contribution in [1.29, 1.82) is 0 Å². The van der Waals surface area contributed by atoms with Crippen LogP contribution in [0.1, 0.15) is 71.3 Å². The molecule has 2 unspecified atom stereocenters. The van der Waals surface area contributed by atoms with Gasteiger partial charge in [0.25, 0.3) is 0 Å². The summed E-state index contributed by atoms with van der Waals surface area (Å²) in [4.78, 5) is 20.9. The van der Waals surface area contributed by atoms with Gasteiger partial charge in [-0.05, 0) is 36.0 Å². The van der Waals surface area contributed by atoms with Gasteiger partial charge in [0, 0.05) is 6.23 Å². The fourth-order valence-electron chi connectivity index (χ4n) is 3.39. The van der Waals surface area contributed by atoms with Crippen LogP contribution in [-0.4, -0.2) is 67.1 Å². The molecule has 0 saturated carbocycles. The van der Waals surface area contributed by atoms with Crippen LogP contribution in [0.4, 0.5) is 0 Å². The van der Waals surface area contributed by atoms with E-state index in [1.165, 1.54) is 5.56 Å². The molecule has 0 aliphatic rings. The molecule has 0 aliphatic carbocycles. The standard InChI is InChI=1S/C25H44NO8P/c1-25(2,3)20-13-15-21(16-14-20)32-17-11-9-7-8-10-12-18-33-35(30,31)34-22(19-23(27)28)24(29)26(4,5)6/h13-16,22,24H,7-12,17-19H2,1-6H3,(H,27,28)(H,30,31)/t22-,24?/m1/s1. The van der Waals surface area contributed by atoms with Gasteiger partial charge in [0.05, 0.1) is 40.8 Å². The number of aliphatic carboxylic acids is 1. The molecular formula is C25H44NO8P. The molecule has 1 aromatic carbocycles. The van der Waals surface area contributed by atoms with Crippen LogP contribution < -0.4 is 9.84 Å². The second-order valence-electron chi connectivity index (χ2n) is 10.8. The fraction of sp³-hybridized carbons (Fsp3) is 0.720. The van der Waals surface area contributed by atoms with Gasteiger partial charge < -0.3 is 24.3 Å². The third-order valence-electron chi connectivity index (χ3n) is 5.51. The number of ether oxygens (including phenoxy) is 1. The van der Waals surface area contributed by atoms with Crippen LogP contribution in [0.25, 0.3) is 0 Å². The number of nitrogens with zero attached hydrogens (tertiary/aromatic N) is 1. The molecule has 2 N–H and O–H groups in total. The van der Waals surface area contributed by atoms with Gasteiger partial charge in [-0.1, -0.05) is 58.6 Å². The van der Waals surface area contributed by atoms with Gasteiger partial charge in [0.1, 0.15) is 11.9 Å². The zero-order chi connectivity index (χ0) is 26.7. The van der Waals surface area contributed by atoms with E-state index in [-0.39, 0.29) is 16.5 Å². The third kappa shape index (κ3) is 13.4. The summed E-state index contributed by atoms with van der Waals surface area (Å²) in [5.41, 5.74) is 1.40. The van der Waals surface area contributed by atoms with Gasteiger partial charge in [-0.25, -0.2) is 4.57 Å². The minimum absolute atomic E-state index is 0.00482. The SMILES string of the molecule is CC(C)(C)c1ccc(OCCCCCCCCOP(=O)(O)O[C@H](CC(=O)O)C([O-])[N+](C)(C)C)cc1. The summed E-state index contributed by atoms with van der Waals surface area (Å²) in [5.74, 6) is -0.408. The average Bonchev–Trinajstić information content (AvgIpc) is 2.72. The van der Waals surface area contributed by atoms with Crippen molar-refractivity contribution in [3.63, 3.8) is 0 Å². The molecule has 0 spiro atoms. The first-order chi connectivity index (χ1) is 16.1. The third-order valence-corrected chi connectivity index (χ3v) is 6.55. The van der Waals surface area contributed by atoms with Crippen molar-refractivity contribution < 1.29 is 42.7 Å². The van der Waals surface area contributed by atoms with E-state index >= 15 is 0 Å². The molecular weight excluding hydrogens is 473 g/mol. The zero-order valence-corrected chi connectivity index (χ0v) is 23.0. The molecule has 10 heteroatoms. The second-order valence-corrected chi connectivity index (χ2v) is 12.2. The van der Waals surface area contributed by atoms with E-state index in [1.807, 2.05) is 12.1 Å². The lowest BCUT2D eigenvalue weighted by Crippen LogP contribution is -2.60. The average molecular weight is 518 g/mol. The summed E-state index contributed by atoms with van der Waals surface area (Å²) in [5, 5.41) is 21.4. The van der Waals surface area contributed by atoms with E-state index in [4.69, 9.17) is 18.9 Å². The Hall–Kier alpha value is -1.48. The van der Waals surface area contributed by atoms with Crippen molar-refractivity contribution in [2.45, 2.75) is 83.5 Å². The molecule has 1 aromatic rings. The number of phosphoric acid groups is 1. The quantitative estimate of drug-likeness (QED) is 0.137. The summed E-state index contributed by atoms with van der Waals surface area (Å²) in [6, 6.07) is 8.21. The van der Waals surface area contributed by atoms with Gasteiger partial charge in [0.2, 0.25) is 0 Å². The normalized spacial score (nSPS) is 15.9. The molecule has 0 amide bonds. The summed E-state index contributed by atoms with van der Waals surface area (Å²) in [7, 11) is 0.164. The number of carbonyl (C=O) groups is 1. The number of quaternary nitrogens is 1. The zero-order valence-electron chi connectivity index (χ0n) is 22.1. The maximum absolute atomic E-state index is 12.4. The van der Waals surface area contributed by atoms with E-state index in [0.29, 0.717) is 13.0 Å². The molecule has 0 aliphatic heterocycles. The highest BCUT2D eigenvalue weighted by atomic mass is 31.2. The number of carboxylic acids is 1. The Morgan fingerprint density at radius 2 is 1.51 bits per heavy atom. The highest BCUT2D eigenvalue weighted by molar-refractivity contribution is 7.47. The molecule has 9 nitrogen and oxygen atoms in total. The fourth-order valence-corrected chi connectivity index (χ4v) is 4.34. The van der Waals surface area contributed by atoms with Crippen LogP contribution >= 0.6 is 7.82 Å². The molecule has 202 valence electrons. The largest absolute Gasteiger partial charge is 0.804 e. The number of hydrogen-bond donors (Lipinski definition) is 2. The van der Waals surface area contributed by atoms with E-state index in [9.17, 15) is 19.4 Å². The molecule has 0 fully saturated rings. The van der Waals surface area contributed by atoms with Crippen molar-refractivity contribution in [2.75, 3.05) is 34.4 Å². The van der Waals surface area contributed by atoms with Gasteiger partial charge in [-0.2, -0.15) is 0 Å². The van der Waals surface area contributed by atoms with Gasteiger partial charge >= 0.3 is 13.8 Å². The van der Waals surface area contributed by atoms with Crippen LogP contribution in [0.15, 0.2) is 24.3 Å². The van der Waals surface area contributed by atoms with Crippen LogP contribution in [0.3, 0.4) is 0 Å². The van der Waals surface area contributed by atoms with Crippen LogP contribution in [-0.2, 0) is 23.8 Å². The maximum atomic E-state index is 12.4. The number of benzene rings is 1. The Bertz CT molecular complexity index is 801. The topological polar surface area (TPSA) is 125 Å². The molecule has 1 rings (SSSR count). The molecule has 35 heavy (non-hydrogen) atoms. The Morgan fingerprint density at radius 1 is 1.00 bits per heavy atom. The van der Waals surface area contributed by atoms with Crippen molar-refractivity contribution in [3.8, 4) is 5.75 Å². The minimum Gasteiger partial charge on any atom is -0.804 e. The number of phosphoric ester groups is 1. The Morgan fingerprint density at radius 3 is 2.00 bits per heavy atom. The van der Waals surface area contributed by atoms with E-state index in [1.54, 1.807) is 21.1 Å². The van der Waals surface area contributed by atoms with Crippen molar-refractivity contribution in [2.24, 2.45) is 0 Å². The lowest BCUT2D eigenvalue weighted by molar-refractivity contribution is -0.973. The van der Waals surface area contributed by atoms with Gasteiger partial charge in [-0.3, -0.25) is 13.8 Å². The van der Waals surface area contributed by atoms with Crippen LogP contribution in [0.2, 0.25) is 0 Å². The smallest absolute Gasteiger partial charge is 0.472 e. The minimum atomic E-state index is -4.53. The molecule has 0 saturated heterocycles. The monoisotopic (exact) mass is 517 g/mol. The Kier molecular flexibility index (Phi) is 12.9. The first kappa shape index (κ1) is 31.5. The van der Waals surface area contributed by atoms with Crippen LogP contribution in [0.5, 0.6) is 5.75 Å². The van der Waals surface area contributed by atoms with Crippen molar-refractivity contribution >= 4 is 13.8 Å². The Balaban J connectivity index is 2.20. The van der Waals surface area contributed by atoms with E-state index in [0.717, 1.165) is 37.9 Å². The maximum Gasteiger partial charge on any atom is 0.472 e. The number of hydrogen-bond acceptors (Lipinski definition) is 6. The first-order valence-electron chi connectivity index (χ1n) is 12.2. The van der Waals surface area contributed by atoms with Crippen LogP contribution in [0, 0.1) is 0 Å². The second kappa shape index (κ2) is 14.3. The number of unbranched alkanes of at least 4 members (excludes halogenated alkanes) is 5.